The fourth-order valence-corrected chi connectivity index (χ4v) is 3.10. The van der Waals surface area contributed by atoms with E-state index < -0.39 is 0 Å². The van der Waals surface area contributed by atoms with Crippen LogP contribution in [0.25, 0.3) is 0 Å². The minimum atomic E-state index is -0.317. The first-order valence-corrected chi connectivity index (χ1v) is 8.41. The molecule has 0 atom stereocenters. The van der Waals surface area contributed by atoms with E-state index >= 15 is 0 Å². The van der Waals surface area contributed by atoms with Crippen LogP contribution < -0.4 is 0 Å². The summed E-state index contributed by atoms with van der Waals surface area (Å²) in [5.74, 6) is 0.0458. The Morgan fingerprint density at radius 1 is 1.09 bits per heavy atom. The molecule has 5 nitrogen and oxygen atoms in total. The first kappa shape index (κ1) is 17.9. The monoisotopic (exact) mass is 358 g/mol. The van der Waals surface area contributed by atoms with Gasteiger partial charge in [0.1, 0.15) is 0 Å². The normalized spacial score (nSPS) is 14.7. The molecule has 0 N–H and O–H groups in total. The van der Waals surface area contributed by atoms with Gasteiger partial charge in [0, 0.05) is 42.6 Å². The number of piperazine rings is 1. The Hall–Kier alpha value is -1.46. The van der Waals surface area contributed by atoms with Gasteiger partial charge in [-0.05, 0) is 31.0 Å². The molecule has 0 aromatic heterocycles. The lowest BCUT2D eigenvalue weighted by molar-refractivity contribution is -0.132. The van der Waals surface area contributed by atoms with E-state index in [-0.39, 0.29) is 12.0 Å². The lowest BCUT2D eigenvalue weighted by atomic mass is 10.1. The largest absolute Gasteiger partial charge is 0.450 e. The SMILES string of the molecule is CCOC(=O)N1CCN(C(=O)CCc2c(Cl)cccc2Cl)CC1. The number of benzene rings is 1. The third-order valence-corrected chi connectivity index (χ3v) is 4.52. The number of amides is 2. The molecule has 1 aliphatic rings. The predicted molar refractivity (Wildman–Crippen MR) is 90.0 cm³/mol. The number of hydrogen-bond acceptors (Lipinski definition) is 3. The maximum atomic E-state index is 12.3. The Morgan fingerprint density at radius 2 is 1.65 bits per heavy atom. The molecule has 126 valence electrons. The number of ether oxygens (including phenoxy) is 1. The van der Waals surface area contributed by atoms with Crippen LogP contribution in [0.1, 0.15) is 18.9 Å². The van der Waals surface area contributed by atoms with E-state index in [0.29, 0.717) is 55.7 Å². The number of carbonyl (C=O) groups is 2. The molecule has 23 heavy (non-hydrogen) atoms. The molecular formula is C16H20Cl2N2O3. The summed E-state index contributed by atoms with van der Waals surface area (Å²) in [6.45, 7) is 4.17. The van der Waals surface area contributed by atoms with E-state index in [9.17, 15) is 9.59 Å². The van der Waals surface area contributed by atoms with Gasteiger partial charge in [-0.15, -0.1) is 0 Å². The van der Waals surface area contributed by atoms with Crippen molar-refractivity contribution < 1.29 is 14.3 Å². The van der Waals surface area contributed by atoms with E-state index in [1.54, 1.807) is 34.9 Å². The van der Waals surface area contributed by atoms with Crippen molar-refractivity contribution in [2.45, 2.75) is 19.8 Å². The fraction of sp³-hybridized carbons (Fsp3) is 0.500. The first-order chi connectivity index (χ1) is 11.0. The van der Waals surface area contributed by atoms with Crippen molar-refractivity contribution in [1.29, 1.82) is 0 Å². The van der Waals surface area contributed by atoms with E-state index in [1.165, 1.54) is 0 Å². The third kappa shape index (κ3) is 4.75. The molecule has 0 radical (unpaired) electrons. The number of halogens is 2. The summed E-state index contributed by atoms with van der Waals surface area (Å²) < 4.78 is 4.96. The van der Waals surface area contributed by atoms with E-state index in [0.717, 1.165) is 5.56 Å². The Balaban J connectivity index is 1.83. The summed E-state index contributed by atoms with van der Waals surface area (Å²) in [4.78, 5) is 27.3. The fourth-order valence-electron chi connectivity index (χ4n) is 2.51. The van der Waals surface area contributed by atoms with E-state index in [1.807, 2.05) is 0 Å². The average Bonchev–Trinajstić information content (AvgIpc) is 2.54. The third-order valence-electron chi connectivity index (χ3n) is 3.81. The van der Waals surface area contributed by atoms with E-state index in [4.69, 9.17) is 27.9 Å². The molecule has 7 heteroatoms. The minimum Gasteiger partial charge on any atom is -0.450 e. The predicted octanol–water partition coefficient (Wildman–Crippen LogP) is 3.23. The van der Waals surface area contributed by atoms with Crippen LogP contribution in [0.15, 0.2) is 18.2 Å². The van der Waals surface area contributed by atoms with Gasteiger partial charge in [0.25, 0.3) is 0 Å². The quantitative estimate of drug-likeness (QED) is 0.829. The maximum Gasteiger partial charge on any atom is 0.409 e. The Morgan fingerprint density at radius 3 is 2.22 bits per heavy atom. The number of rotatable bonds is 4. The van der Waals surface area contributed by atoms with Gasteiger partial charge >= 0.3 is 6.09 Å². The van der Waals surface area contributed by atoms with Gasteiger partial charge in [-0.25, -0.2) is 4.79 Å². The lowest BCUT2D eigenvalue weighted by Crippen LogP contribution is -2.50. The molecule has 0 bridgehead atoms. The van der Waals surface area contributed by atoms with Crippen LogP contribution in [0.5, 0.6) is 0 Å². The molecule has 0 spiro atoms. The summed E-state index contributed by atoms with van der Waals surface area (Å²) in [7, 11) is 0. The van der Waals surface area contributed by atoms with Crippen molar-refractivity contribution in [3.05, 3.63) is 33.8 Å². The van der Waals surface area contributed by atoms with Gasteiger partial charge in [0.05, 0.1) is 6.61 Å². The molecule has 1 aromatic rings. The summed E-state index contributed by atoms with van der Waals surface area (Å²) in [6.07, 6.45) is 0.542. The summed E-state index contributed by atoms with van der Waals surface area (Å²) in [5, 5.41) is 1.16. The average molecular weight is 359 g/mol. The topological polar surface area (TPSA) is 49.9 Å². The highest BCUT2D eigenvalue weighted by Gasteiger charge is 2.24. The second kappa shape index (κ2) is 8.41. The first-order valence-electron chi connectivity index (χ1n) is 7.65. The van der Waals surface area contributed by atoms with Gasteiger partial charge < -0.3 is 14.5 Å². The molecule has 0 aliphatic carbocycles. The zero-order chi connectivity index (χ0) is 16.8. The van der Waals surface area contributed by atoms with Crippen molar-refractivity contribution >= 4 is 35.2 Å². The number of nitrogens with zero attached hydrogens (tertiary/aromatic N) is 2. The maximum absolute atomic E-state index is 12.3. The highest BCUT2D eigenvalue weighted by molar-refractivity contribution is 6.36. The van der Waals surface area contributed by atoms with Crippen molar-refractivity contribution in [3.8, 4) is 0 Å². The van der Waals surface area contributed by atoms with E-state index in [2.05, 4.69) is 0 Å². The minimum absolute atomic E-state index is 0.0458. The summed E-state index contributed by atoms with van der Waals surface area (Å²) in [5.41, 5.74) is 0.800. The van der Waals surface area contributed by atoms with Crippen molar-refractivity contribution in [3.63, 3.8) is 0 Å². The van der Waals surface area contributed by atoms with Gasteiger partial charge in [-0.1, -0.05) is 29.3 Å². The lowest BCUT2D eigenvalue weighted by Gasteiger charge is -2.34. The van der Waals surface area contributed by atoms with Crippen LogP contribution in [0.2, 0.25) is 10.0 Å². The van der Waals surface area contributed by atoms with Gasteiger partial charge in [0.15, 0.2) is 0 Å². The molecule has 1 aromatic carbocycles. The standard InChI is InChI=1S/C16H20Cl2N2O3/c1-2-23-16(22)20-10-8-19(9-11-20)15(21)7-6-12-13(17)4-3-5-14(12)18/h3-5H,2,6-11H2,1H3. The second-order valence-electron chi connectivity index (χ2n) is 5.27. The highest BCUT2D eigenvalue weighted by atomic mass is 35.5. The zero-order valence-electron chi connectivity index (χ0n) is 13.1. The van der Waals surface area contributed by atoms with Crippen LogP contribution in [0.4, 0.5) is 4.79 Å². The van der Waals surface area contributed by atoms with Crippen molar-refractivity contribution in [1.82, 2.24) is 9.80 Å². The molecular weight excluding hydrogens is 339 g/mol. The van der Waals surface area contributed by atoms with Gasteiger partial charge in [-0.2, -0.15) is 0 Å². The van der Waals surface area contributed by atoms with Crippen LogP contribution in [-0.2, 0) is 16.0 Å². The van der Waals surface area contributed by atoms with Crippen LogP contribution >= 0.6 is 23.2 Å². The van der Waals surface area contributed by atoms with Crippen LogP contribution in [-0.4, -0.2) is 54.6 Å². The molecule has 0 unspecified atom stereocenters. The zero-order valence-corrected chi connectivity index (χ0v) is 14.6. The second-order valence-corrected chi connectivity index (χ2v) is 6.08. The van der Waals surface area contributed by atoms with Crippen molar-refractivity contribution in [2.75, 3.05) is 32.8 Å². The number of carbonyl (C=O) groups excluding carboxylic acids is 2. The molecule has 1 aliphatic heterocycles. The molecule has 0 saturated carbocycles. The van der Waals surface area contributed by atoms with Crippen LogP contribution in [0, 0.1) is 0 Å². The molecule has 1 saturated heterocycles. The molecule has 2 rings (SSSR count). The van der Waals surface area contributed by atoms with Gasteiger partial charge in [-0.3, -0.25) is 4.79 Å². The Labute approximate surface area is 146 Å². The number of hydrogen-bond donors (Lipinski definition) is 0. The van der Waals surface area contributed by atoms with Crippen LogP contribution in [0.3, 0.4) is 0 Å². The highest BCUT2D eigenvalue weighted by Crippen LogP contribution is 2.25. The summed E-state index contributed by atoms with van der Waals surface area (Å²) >= 11 is 12.2. The van der Waals surface area contributed by atoms with Crippen molar-refractivity contribution in [2.24, 2.45) is 0 Å². The molecule has 2 amide bonds. The summed E-state index contributed by atoms with van der Waals surface area (Å²) in [6, 6.07) is 5.32. The molecule has 1 fully saturated rings. The Kier molecular flexibility index (Phi) is 6.54. The van der Waals surface area contributed by atoms with Gasteiger partial charge in [0.2, 0.25) is 5.91 Å². The Bertz CT molecular complexity index is 552. The molecule has 1 heterocycles. The smallest absolute Gasteiger partial charge is 0.409 e.